The van der Waals surface area contributed by atoms with Crippen LogP contribution in [-0.2, 0) is 19.2 Å². The van der Waals surface area contributed by atoms with E-state index in [1.54, 1.807) is 0 Å². The quantitative estimate of drug-likeness (QED) is 0.228. The van der Waals surface area contributed by atoms with Crippen LogP contribution in [0.5, 0.6) is 0 Å². The minimum atomic E-state index is -3.67. The fourth-order valence-electron chi connectivity index (χ4n) is 1.95. The first-order valence-corrected chi connectivity index (χ1v) is 9.43. The number of hydrogen-bond donors (Lipinski definition) is 1. The predicted molar refractivity (Wildman–Crippen MR) is 92.2 cm³/mol. The summed E-state index contributed by atoms with van der Waals surface area (Å²) in [6, 6.07) is 0. The fourth-order valence-corrected chi connectivity index (χ4v) is 2.80. The van der Waals surface area contributed by atoms with E-state index in [9.17, 15) is 13.2 Å². The molecule has 0 saturated carbocycles. The van der Waals surface area contributed by atoms with Crippen LogP contribution in [0.15, 0.2) is 12.7 Å². The maximum atomic E-state index is 11.4. The Morgan fingerprint density at radius 2 is 1.45 bits per heavy atom. The predicted octanol–water partition coefficient (Wildman–Crippen LogP) is 2.82. The zero-order valence-corrected chi connectivity index (χ0v) is 13.9. The van der Waals surface area contributed by atoms with Gasteiger partial charge < -0.3 is 0 Å². The van der Waals surface area contributed by atoms with Crippen LogP contribution in [0, 0.1) is 0 Å². The van der Waals surface area contributed by atoms with Gasteiger partial charge in [-0.1, -0.05) is 71.3 Å². The van der Waals surface area contributed by atoms with Gasteiger partial charge in [-0.05, 0) is 12.5 Å². The van der Waals surface area contributed by atoms with Crippen molar-refractivity contribution in [2.45, 2.75) is 71.1 Å². The van der Waals surface area contributed by atoms with Gasteiger partial charge in [0.1, 0.15) is 0 Å². The first-order valence-electron chi connectivity index (χ1n) is 7.85. The molecule has 0 aromatic rings. The van der Waals surface area contributed by atoms with E-state index in [0.717, 1.165) is 25.3 Å². The zero-order valence-electron chi connectivity index (χ0n) is 13.1. The molecule has 22 heavy (non-hydrogen) atoms. The van der Waals surface area contributed by atoms with E-state index in [0.29, 0.717) is 6.42 Å². The van der Waals surface area contributed by atoms with Crippen LogP contribution in [0.25, 0.3) is 0 Å². The molecule has 0 bridgehead atoms. The van der Waals surface area contributed by atoms with Gasteiger partial charge >= 0.3 is 29.6 Å². The van der Waals surface area contributed by atoms with Gasteiger partial charge in [0.05, 0.1) is 5.75 Å². The van der Waals surface area contributed by atoms with Crippen LogP contribution in [0.2, 0.25) is 0 Å². The molecule has 7 heteroatoms. The van der Waals surface area contributed by atoms with E-state index in [-0.39, 0.29) is 35.3 Å². The summed E-state index contributed by atoms with van der Waals surface area (Å²) in [5, 5.41) is 0. The van der Waals surface area contributed by atoms with Gasteiger partial charge in [0.2, 0.25) is 0 Å². The molecule has 0 aliphatic rings. The number of carbonyl (C=O) groups excluding carboxylic acids is 1. The molecule has 0 unspecified atom stereocenters. The molecule has 0 heterocycles. The van der Waals surface area contributed by atoms with Gasteiger partial charge in [0.15, 0.2) is 0 Å². The van der Waals surface area contributed by atoms with Gasteiger partial charge in [0, 0.05) is 0 Å². The van der Waals surface area contributed by atoms with Crippen molar-refractivity contribution in [2.24, 2.45) is 0 Å². The van der Waals surface area contributed by atoms with Gasteiger partial charge in [-0.25, -0.2) is 5.48 Å². The standard InChI is InChI=1S/C15H29NO4S.Na.H/c1-3-5-6-7-8-9-10-11-12-13-14-21(18,19)20-16-15(17)4-2;;/h4H,2-3,5-14H2,1H3,(H,16,17);;. The van der Waals surface area contributed by atoms with Crippen LogP contribution in [0.3, 0.4) is 0 Å². The second kappa shape index (κ2) is 16.0. The van der Waals surface area contributed by atoms with Crippen LogP contribution in [0.1, 0.15) is 71.1 Å². The Bertz CT molecular complexity index is 385. The van der Waals surface area contributed by atoms with Gasteiger partial charge in [-0.3, -0.25) is 4.79 Å². The van der Waals surface area contributed by atoms with Crippen LogP contribution in [-0.4, -0.2) is 49.6 Å². The summed E-state index contributed by atoms with van der Waals surface area (Å²) in [6.07, 6.45) is 12.3. The molecule has 0 aromatic carbocycles. The van der Waals surface area contributed by atoms with E-state index in [4.69, 9.17) is 0 Å². The molecule has 0 atom stereocenters. The van der Waals surface area contributed by atoms with Crippen molar-refractivity contribution in [1.29, 1.82) is 0 Å². The average Bonchev–Trinajstić information content (AvgIpc) is 2.46. The summed E-state index contributed by atoms with van der Waals surface area (Å²) in [6.45, 7) is 5.41. The Hall–Kier alpha value is 0.120. The van der Waals surface area contributed by atoms with Crippen LogP contribution in [0.4, 0.5) is 0 Å². The molecule has 1 N–H and O–H groups in total. The minimum absolute atomic E-state index is 0. The van der Waals surface area contributed by atoms with E-state index in [1.165, 1.54) is 38.5 Å². The van der Waals surface area contributed by atoms with E-state index in [1.807, 2.05) is 5.48 Å². The number of amides is 1. The molecule has 5 nitrogen and oxygen atoms in total. The van der Waals surface area contributed by atoms with Crippen molar-refractivity contribution in [3.05, 3.63) is 12.7 Å². The molecule has 0 aliphatic heterocycles. The molecular formula is C15H30NNaO4S. The molecular weight excluding hydrogens is 313 g/mol. The van der Waals surface area contributed by atoms with Gasteiger partial charge in [-0.2, -0.15) is 8.42 Å². The van der Waals surface area contributed by atoms with Crippen molar-refractivity contribution in [1.82, 2.24) is 5.48 Å². The molecule has 0 radical (unpaired) electrons. The van der Waals surface area contributed by atoms with Crippen molar-refractivity contribution in [2.75, 3.05) is 5.75 Å². The molecule has 126 valence electrons. The normalized spacial score (nSPS) is 10.8. The fraction of sp³-hybridized carbons (Fsp3) is 0.800. The van der Waals surface area contributed by atoms with Gasteiger partial charge in [-0.15, -0.1) is 4.28 Å². The van der Waals surface area contributed by atoms with E-state index in [2.05, 4.69) is 17.8 Å². The second-order valence-corrected chi connectivity index (χ2v) is 6.89. The number of hydrogen-bond acceptors (Lipinski definition) is 4. The second-order valence-electron chi connectivity index (χ2n) is 5.20. The summed E-state index contributed by atoms with van der Waals surface area (Å²) in [4.78, 5) is 10.8. The summed E-state index contributed by atoms with van der Waals surface area (Å²) in [7, 11) is -3.67. The number of rotatable bonds is 14. The first kappa shape index (κ1) is 24.4. The number of carbonyl (C=O) groups is 1. The first-order chi connectivity index (χ1) is 10.0. The maximum absolute atomic E-state index is 11.4. The Kier molecular flexibility index (Phi) is 17.7. The zero-order chi connectivity index (χ0) is 16.0. The molecule has 0 aliphatic carbocycles. The number of nitrogens with one attached hydrogen (secondary N) is 1. The Labute approximate surface area is 157 Å². The summed E-state index contributed by atoms with van der Waals surface area (Å²) < 4.78 is 27.2. The summed E-state index contributed by atoms with van der Waals surface area (Å²) in [5.74, 6) is -0.734. The third-order valence-corrected chi connectivity index (χ3v) is 4.33. The number of hydroxylamine groups is 1. The monoisotopic (exact) mass is 343 g/mol. The van der Waals surface area contributed by atoms with Gasteiger partial charge in [0.25, 0.3) is 16.0 Å². The summed E-state index contributed by atoms with van der Waals surface area (Å²) in [5.41, 5.74) is 1.81. The van der Waals surface area contributed by atoms with E-state index >= 15 is 0 Å². The van der Waals surface area contributed by atoms with Crippen LogP contribution >= 0.6 is 0 Å². The Morgan fingerprint density at radius 1 is 1.00 bits per heavy atom. The molecule has 0 saturated heterocycles. The van der Waals surface area contributed by atoms with Crippen molar-refractivity contribution < 1.29 is 17.5 Å². The summed E-state index contributed by atoms with van der Waals surface area (Å²) >= 11 is 0. The third-order valence-electron chi connectivity index (χ3n) is 3.20. The molecule has 0 fully saturated rings. The number of unbranched alkanes of at least 4 members (excludes halogenated alkanes) is 9. The van der Waals surface area contributed by atoms with Crippen molar-refractivity contribution in [3.63, 3.8) is 0 Å². The van der Waals surface area contributed by atoms with E-state index < -0.39 is 16.0 Å². The molecule has 1 amide bonds. The Balaban J connectivity index is 0. The topological polar surface area (TPSA) is 72.5 Å². The average molecular weight is 343 g/mol. The molecule has 0 aromatic heterocycles. The molecule has 0 spiro atoms. The Morgan fingerprint density at radius 3 is 1.91 bits per heavy atom. The van der Waals surface area contributed by atoms with Crippen molar-refractivity contribution >= 4 is 45.6 Å². The third kappa shape index (κ3) is 16.5. The van der Waals surface area contributed by atoms with Crippen LogP contribution < -0.4 is 5.48 Å². The van der Waals surface area contributed by atoms with Crippen molar-refractivity contribution in [3.8, 4) is 0 Å². The molecule has 0 rings (SSSR count). The SMILES string of the molecule is C=CC(=O)NOS(=O)(=O)CCCCCCCCCCCC.[NaH].